The van der Waals surface area contributed by atoms with E-state index in [1.165, 1.54) is 0 Å². The van der Waals surface area contributed by atoms with Gasteiger partial charge in [-0.2, -0.15) is 0 Å². The Morgan fingerprint density at radius 1 is 1.00 bits per heavy atom. The van der Waals surface area contributed by atoms with Gasteiger partial charge in [0.25, 0.3) is 0 Å². The van der Waals surface area contributed by atoms with Crippen molar-refractivity contribution in [2.75, 3.05) is 24.5 Å². The molecule has 4 heterocycles. The predicted molar refractivity (Wildman–Crippen MR) is 116 cm³/mol. The topological polar surface area (TPSA) is 69.6 Å². The largest absolute Gasteiger partial charge is 0.393 e. The molecule has 1 aliphatic carbocycles. The lowest BCUT2D eigenvalue weighted by atomic mass is 9.78. The Hall–Kier alpha value is -2.47. The highest BCUT2D eigenvalue weighted by atomic mass is 16.3. The molecule has 158 valence electrons. The van der Waals surface area contributed by atoms with E-state index in [0.29, 0.717) is 11.9 Å². The standard InChI is InChI=1S/C24H30N4O2/c29-21-7-5-20(6-8-21)28-14-11-24(23(28)30)10-2-13-27(17-24)22-9-4-19(16-26-22)18-3-1-12-25-15-18/h1,3-4,9,12,15-16,20-21,29H,2,5-8,10-11,13-14,17H2/t20?,21?,24-/m1/s1. The average Bonchev–Trinajstić information content (AvgIpc) is 3.10. The third-order valence-electron chi connectivity index (χ3n) is 7.30. The van der Waals surface area contributed by atoms with Crippen LogP contribution in [0.4, 0.5) is 5.82 Å². The number of amides is 1. The maximum Gasteiger partial charge on any atom is 0.230 e. The van der Waals surface area contributed by atoms with Gasteiger partial charge in [-0.3, -0.25) is 9.78 Å². The van der Waals surface area contributed by atoms with E-state index in [9.17, 15) is 9.90 Å². The monoisotopic (exact) mass is 406 g/mol. The fraction of sp³-hybridized carbons (Fsp3) is 0.542. The highest BCUT2D eigenvalue weighted by Crippen LogP contribution is 2.43. The van der Waals surface area contributed by atoms with E-state index in [2.05, 4.69) is 26.9 Å². The lowest BCUT2D eigenvalue weighted by Crippen LogP contribution is -2.50. The lowest BCUT2D eigenvalue weighted by Gasteiger charge is -2.41. The molecule has 3 fully saturated rings. The van der Waals surface area contributed by atoms with Crippen LogP contribution in [0.1, 0.15) is 44.9 Å². The van der Waals surface area contributed by atoms with Crippen LogP contribution in [0.5, 0.6) is 0 Å². The molecule has 1 saturated carbocycles. The van der Waals surface area contributed by atoms with Crippen molar-refractivity contribution in [1.82, 2.24) is 14.9 Å². The molecule has 2 saturated heterocycles. The van der Waals surface area contributed by atoms with Crippen molar-refractivity contribution in [3.05, 3.63) is 42.9 Å². The minimum Gasteiger partial charge on any atom is -0.393 e. The number of aliphatic hydroxyl groups excluding tert-OH is 1. The van der Waals surface area contributed by atoms with Gasteiger partial charge in [0.2, 0.25) is 5.91 Å². The fourth-order valence-corrected chi connectivity index (χ4v) is 5.55. The summed E-state index contributed by atoms with van der Waals surface area (Å²) in [4.78, 5) is 26.8. The van der Waals surface area contributed by atoms with Crippen LogP contribution in [0.15, 0.2) is 42.9 Å². The Kier molecular flexibility index (Phi) is 5.19. The van der Waals surface area contributed by atoms with Crippen LogP contribution in [-0.4, -0.2) is 57.7 Å². The second-order valence-corrected chi connectivity index (χ2v) is 9.16. The lowest BCUT2D eigenvalue weighted by molar-refractivity contribution is -0.139. The molecule has 1 amide bonds. The Bertz CT molecular complexity index is 880. The normalized spacial score (nSPS) is 29.6. The number of anilines is 1. The zero-order valence-corrected chi connectivity index (χ0v) is 17.4. The van der Waals surface area contributed by atoms with E-state index < -0.39 is 0 Å². The number of pyridine rings is 2. The van der Waals surface area contributed by atoms with Crippen LogP contribution >= 0.6 is 0 Å². The molecule has 2 aliphatic heterocycles. The van der Waals surface area contributed by atoms with E-state index in [1.807, 2.05) is 24.5 Å². The van der Waals surface area contributed by atoms with Crippen molar-refractivity contribution in [1.29, 1.82) is 0 Å². The van der Waals surface area contributed by atoms with Crippen LogP contribution < -0.4 is 4.90 Å². The third-order valence-corrected chi connectivity index (χ3v) is 7.30. The molecular formula is C24H30N4O2. The fourth-order valence-electron chi connectivity index (χ4n) is 5.55. The highest BCUT2D eigenvalue weighted by Gasteiger charge is 2.50. The number of piperidine rings is 1. The second kappa shape index (κ2) is 7.99. The van der Waals surface area contributed by atoms with E-state index in [-0.39, 0.29) is 11.5 Å². The quantitative estimate of drug-likeness (QED) is 0.847. The molecule has 0 aromatic carbocycles. The van der Waals surface area contributed by atoms with Gasteiger partial charge < -0.3 is 14.9 Å². The summed E-state index contributed by atoms with van der Waals surface area (Å²) in [6.45, 7) is 2.57. The van der Waals surface area contributed by atoms with E-state index >= 15 is 0 Å². The van der Waals surface area contributed by atoms with Crippen LogP contribution in [-0.2, 0) is 4.79 Å². The summed E-state index contributed by atoms with van der Waals surface area (Å²) in [7, 11) is 0. The smallest absolute Gasteiger partial charge is 0.230 e. The van der Waals surface area contributed by atoms with Gasteiger partial charge in [-0.1, -0.05) is 6.07 Å². The molecule has 0 unspecified atom stereocenters. The number of aromatic nitrogens is 2. The third kappa shape index (κ3) is 3.58. The number of likely N-dealkylation sites (tertiary alicyclic amines) is 1. The molecule has 1 atom stereocenters. The summed E-state index contributed by atoms with van der Waals surface area (Å²) in [5, 5.41) is 9.81. The Labute approximate surface area is 177 Å². The highest BCUT2D eigenvalue weighted by molar-refractivity contribution is 5.86. The van der Waals surface area contributed by atoms with Gasteiger partial charge in [-0.05, 0) is 63.1 Å². The van der Waals surface area contributed by atoms with E-state index in [4.69, 9.17) is 4.98 Å². The summed E-state index contributed by atoms with van der Waals surface area (Å²) < 4.78 is 0. The van der Waals surface area contributed by atoms with Crippen molar-refractivity contribution in [3.63, 3.8) is 0 Å². The number of aliphatic hydroxyl groups is 1. The minimum atomic E-state index is -0.266. The molecule has 6 heteroatoms. The van der Waals surface area contributed by atoms with Gasteiger partial charge in [0, 0.05) is 55.4 Å². The zero-order valence-electron chi connectivity index (χ0n) is 17.4. The maximum atomic E-state index is 13.5. The second-order valence-electron chi connectivity index (χ2n) is 9.16. The van der Waals surface area contributed by atoms with Gasteiger partial charge in [0.15, 0.2) is 0 Å². The first kappa shape index (κ1) is 19.5. The molecule has 2 aromatic heterocycles. The number of carbonyl (C=O) groups is 1. The number of hydrogen-bond acceptors (Lipinski definition) is 5. The Morgan fingerprint density at radius 2 is 1.83 bits per heavy atom. The number of nitrogens with zero attached hydrogens (tertiary/aromatic N) is 4. The molecule has 1 N–H and O–H groups in total. The van der Waals surface area contributed by atoms with Crippen molar-refractivity contribution in [2.24, 2.45) is 5.41 Å². The van der Waals surface area contributed by atoms with Crippen LogP contribution in [0.2, 0.25) is 0 Å². The van der Waals surface area contributed by atoms with Crippen LogP contribution in [0.25, 0.3) is 11.1 Å². The SMILES string of the molecule is O=C1N(C2CCC(O)CC2)CC[C@@]12CCCN(c1ccc(-c3cccnc3)cn1)C2. The summed E-state index contributed by atoms with van der Waals surface area (Å²) in [6, 6.07) is 8.45. The van der Waals surface area contributed by atoms with Gasteiger partial charge in [-0.15, -0.1) is 0 Å². The van der Waals surface area contributed by atoms with Crippen LogP contribution in [0.3, 0.4) is 0 Å². The minimum absolute atomic E-state index is 0.182. The van der Waals surface area contributed by atoms with Crippen molar-refractivity contribution in [3.8, 4) is 11.1 Å². The van der Waals surface area contributed by atoms with Crippen molar-refractivity contribution >= 4 is 11.7 Å². The van der Waals surface area contributed by atoms with Crippen LogP contribution in [0, 0.1) is 5.41 Å². The first-order valence-electron chi connectivity index (χ1n) is 11.3. The molecule has 6 nitrogen and oxygen atoms in total. The van der Waals surface area contributed by atoms with E-state index in [1.54, 1.807) is 6.20 Å². The zero-order chi connectivity index (χ0) is 20.6. The summed E-state index contributed by atoms with van der Waals surface area (Å²) in [6.07, 6.45) is 11.8. The van der Waals surface area contributed by atoms with Crippen molar-refractivity contribution in [2.45, 2.75) is 57.1 Å². The Balaban J connectivity index is 1.29. The maximum absolute atomic E-state index is 13.5. The van der Waals surface area contributed by atoms with Gasteiger partial charge >= 0.3 is 0 Å². The molecule has 3 aliphatic rings. The van der Waals surface area contributed by atoms with Gasteiger partial charge in [0.1, 0.15) is 5.82 Å². The number of rotatable bonds is 3. The number of hydrogen-bond donors (Lipinski definition) is 1. The molecular weight excluding hydrogens is 376 g/mol. The average molecular weight is 407 g/mol. The van der Waals surface area contributed by atoms with Gasteiger partial charge in [0.05, 0.1) is 11.5 Å². The Morgan fingerprint density at radius 3 is 2.57 bits per heavy atom. The summed E-state index contributed by atoms with van der Waals surface area (Å²) in [5.41, 5.74) is 1.85. The molecule has 0 bridgehead atoms. The summed E-state index contributed by atoms with van der Waals surface area (Å²) in [5.74, 6) is 1.29. The van der Waals surface area contributed by atoms with Crippen molar-refractivity contribution < 1.29 is 9.90 Å². The molecule has 5 rings (SSSR count). The molecule has 0 radical (unpaired) electrons. The molecule has 2 aromatic rings. The molecule has 1 spiro atoms. The first-order chi connectivity index (χ1) is 14.6. The van der Waals surface area contributed by atoms with E-state index in [0.717, 1.165) is 81.5 Å². The first-order valence-corrected chi connectivity index (χ1v) is 11.3. The summed E-state index contributed by atoms with van der Waals surface area (Å²) >= 11 is 0. The number of carbonyl (C=O) groups excluding carboxylic acids is 1. The molecule has 30 heavy (non-hydrogen) atoms. The van der Waals surface area contributed by atoms with Gasteiger partial charge in [-0.25, -0.2) is 4.98 Å². The predicted octanol–water partition coefficient (Wildman–Crippen LogP) is 3.27.